The number of nitrogens with two attached hydrogens (primary N) is 1. The third kappa shape index (κ3) is 2.08. The molecule has 4 N–H and O–H groups in total. The average Bonchev–Trinajstić information content (AvgIpc) is 2.99. The molecule has 0 radical (unpaired) electrons. The fourth-order valence-corrected chi connectivity index (χ4v) is 3.24. The Balaban J connectivity index is 1.66. The van der Waals surface area contributed by atoms with Crippen LogP contribution in [-0.2, 0) is 0 Å². The van der Waals surface area contributed by atoms with E-state index in [-0.39, 0.29) is 12.1 Å². The molecule has 0 amide bonds. The molecule has 1 heterocycles. The molecule has 2 unspecified atom stereocenters. The van der Waals surface area contributed by atoms with E-state index in [2.05, 4.69) is 51.7 Å². The molecule has 0 fully saturated rings. The van der Waals surface area contributed by atoms with Crippen molar-refractivity contribution in [2.45, 2.75) is 25.4 Å². The Labute approximate surface area is 123 Å². The molecular weight excluding hydrogens is 260 g/mol. The van der Waals surface area contributed by atoms with Crippen molar-refractivity contribution in [1.29, 1.82) is 0 Å². The number of nitrogens with one attached hydrogen (secondary N) is 2. The third-order valence-corrected chi connectivity index (χ3v) is 4.20. The summed E-state index contributed by atoms with van der Waals surface area (Å²) in [5.74, 6) is 0.940. The molecular formula is C17H18N4. The maximum atomic E-state index is 6.23. The molecule has 4 heteroatoms. The van der Waals surface area contributed by atoms with Crippen molar-refractivity contribution in [1.82, 2.24) is 9.97 Å². The number of aromatic amines is 1. The second-order valence-corrected chi connectivity index (χ2v) is 5.72. The van der Waals surface area contributed by atoms with Gasteiger partial charge in [-0.1, -0.05) is 24.3 Å². The molecule has 3 aromatic rings. The van der Waals surface area contributed by atoms with Crippen molar-refractivity contribution in [3.63, 3.8) is 0 Å². The standard InChI is InChI=1S/C17H18N4/c1-10-19-15-7-6-11(8-17(15)20-10)21-16-9-14(18)12-4-2-3-5-13(12)16/h2-8,14,16,21H,9,18H2,1H3,(H,19,20). The first-order valence-electron chi connectivity index (χ1n) is 7.28. The lowest BCUT2D eigenvalue weighted by Gasteiger charge is -2.15. The molecule has 2 atom stereocenters. The summed E-state index contributed by atoms with van der Waals surface area (Å²) in [6.07, 6.45) is 0.930. The van der Waals surface area contributed by atoms with Crippen molar-refractivity contribution in [3.8, 4) is 0 Å². The van der Waals surface area contributed by atoms with Gasteiger partial charge in [-0.25, -0.2) is 4.98 Å². The van der Waals surface area contributed by atoms with E-state index in [9.17, 15) is 0 Å². The van der Waals surface area contributed by atoms with E-state index in [1.165, 1.54) is 11.1 Å². The van der Waals surface area contributed by atoms with Crippen LogP contribution in [0.5, 0.6) is 0 Å². The molecule has 106 valence electrons. The largest absolute Gasteiger partial charge is 0.378 e. The van der Waals surface area contributed by atoms with Gasteiger partial charge in [-0.15, -0.1) is 0 Å². The Kier molecular flexibility index (Phi) is 2.72. The van der Waals surface area contributed by atoms with Gasteiger partial charge in [0.25, 0.3) is 0 Å². The molecule has 2 aromatic carbocycles. The van der Waals surface area contributed by atoms with Gasteiger partial charge in [0, 0.05) is 11.7 Å². The summed E-state index contributed by atoms with van der Waals surface area (Å²) in [7, 11) is 0. The highest BCUT2D eigenvalue weighted by molar-refractivity contribution is 5.79. The molecule has 0 bridgehead atoms. The van der Waals surface area contributed by atoms with Crippen molar-refractivity contribution in [2.24, 2.45) is 5.73 Å². The van der Waals surface area contributed by atoms with E-state index >= 15 is 0 Å². The normalized spacial score (nSPS) is 20.7. The Hall–Kier alpha value is -2.33. The number of imidazole rings is 1. The molecule has 1 aliphatic carbocycles. The van der Waals surface area contributed by atoms with Gasteiger partial charge >= 0.3 is 0 Å². The maximum absolute atomic E-state index is 6.23. The predicted octanol–water partition coefficient (Wildman–Crippen LogP) is 3.43. The van der Waals surface area contributed by atoms with Crippen LogP contribution in [0.15, 0.2) is 42.5 Å². The molecule has 0 aliphatic heterocycles. The lowest BCUT2D eigenvalue weighted by atomic mass is 10.1. The molecule has 4 rings (SSSR count). The average molecular weight is 278 g/mol. The van der Waals surface area contributed by atoms with Gasteiger partial charge in [-0.05, 0) is 42.7 Å². The summed E-state index contributed by atoms with van der Waals surface area (Å²) in [5, 5.41) is 3.60. The molecule has 0 saturated carbocycles. The topological polar surface area (TPSA) is 66.7 Å². The lowest BCUT2D eigenvalue weighted by Crippen LogP contribution is -2.09. The molecule has 1 aliphatic rings. The summed E-state index contributed by atoms with van der Waals surface area (Å²) in [6.45, 7) is 1.97. The smallest absolute Gasteiger partial charge is 0.104 e. The van der Waals surface area contributed by atoms with Crippen LogP contribution in [0.2, 0.25) is 0 Å². The minimum atomic E-state index is 0.122. The summed E-state index contributed by atoms with van der Waals surface area (Å²) in [5.41, 5.74) is 12.0. The summed E-state index contributed by atoms with van der Waals surface area (Å²) in [4.78, 5) is 7.71. The van der Waals surface area contributed by atoms with Gasteiger partial charge in [0.05, 0.1) is 17.1 Å². The summed E-state index contributed by atoms with van der Waals surface area (Å²) < 4.78 is 0. The number of H-pyrrole nitrogens is 1. The molecule has 4 nitrogen and oxygen atoms in total. The van der Waals surface area contributed by atoms with Crippen LogP contribution < -0.4 is 11.1 Å². The predicted molar refractivity (Wildman–Crippen MR) is 85.2 cm³/mol. The van der Waals surface area contributed by atoms with Crippen LogP contribution in [-0.4, -0.2) is 9.97 Å². The number of fused-ring (bicyclic) bond motifs is 2. The number of rotatable bonds is 2. The van der Waals surface area contributed by atoms with E-state index in [0.717, 1.165) is 29.0 Å². The van der Waals surface area contributed by atoms with Crippen molar-refractivity contribution in [2.75, 3.05) is 5.32 Å². The van der Waals surface area contributed by atoms with Crippen molar-refractivity contribution < 1.29 is 0 Å². The van der Waals surface area contributed by atoms with Gasteiger partial charge in [0.15, 0.2) is 0 Å². The summed E-state index contributed by atoms with van der Waals surface area (Å²) in [6, 6.07) is 15.1. The molecule has 0 saturated heterocycles. The quantitative estimate of drug-likeness (QED) is 0.673. The second-order valence-electron chi connectivity index (χ2n) is 5.72. The zero-order valence-electron chi connectivity index (χ0n) is 11.9. The van der Waals surface area contributed by atoms with Crippen LogP contribution in [0.25, 0.3) is 11.0 Å². The zero-order valence-corrected chi connectivity index (χ0v) is 11.9. The lowest BCUT2D eigenvalue weighted by molar-refractivity contribution is 0.649. The first kappa shape index (κ1) is 12.4. The van der Waals surface area contributed by atoms with Crippen LogP contribution in [0.1, 0.15) is 35.5 Å². The Morgan fingerprint density at radius 2 is 2.00 bits per heavy atom. The van der Waals surface area contributed by atoms with Crippen LogP contribution in [0.3, 0.4) is 0 Å². The minimum Gasteiger partial charge on any atom is -0.378 e. The molecule has 21 heavy (non-hydrogen) atoms. The minimum absolute atomic E-state index is 0.122. The van der Waals surface area contributed by atoms with Crippen LogP contribution in [0, 0.1) is 6.92 Å². The Morgan fingerprint density at radius 3 is 2.86 bits per heavy atom. The highest BCUT2D eigenvalue weighted by atomic mass is 15.0. The number of hydrogen-bond donors (Lipinski definition) is 3. The van der Waals surface area contributed by atoms with Crippen molar-refractivity contribution in [3.05, 3.63) is 59.4 Å². The number of anilines is 1. The van der Waals surface area contributed by atoms with Crippen molar-refractivity contribution >= 4 is 16.7 Å². The van der Waals surface area contributed by atoms with Gasteiger partial charge in [-0.2, -0.15) is 0 Å². The summed E-state index contributed by atoms with van der Waals surface area (Å²) >= 11 is 0. The van der Waals surface area contributed by atoms with E-state index in [0.29, 0.717) is 0 Å². The first-order valence-corrected chi connectivity index (χ1v) is 7.28. The molecule has 0 spiro atoms. The van der Waals surface area contributed by atoms with Crippen LogP contribution >= 0.6 is 0 Å². The number of aryl methyl sites for hydroxylation is 1. The number of nitrogens with zero attached hydrogens (tertiary/aromatic N) is 1. The number of benzene rings is 2. The van der Waals surface area contributed by atoms with Gasteiger partial charge in [0.2, 0.25) is 0 Å². The Bertz CT molecular complexity index is 805. The van der Waals surface area contributed by atoms with Gasteiger partial charge in [-0.3, -0.25) is 0 Å². The fraction of sp³-hybridized carbons (Fsp3) is 0.235. The highest BCUT2D eigenvalue weighted by Gasteiger charge is 2.27. The van der Waals surface area contributed by atoms with E-state index in [1.807, 2.05) is 13.0 Å². The number of aromatic nitrogens is 2. The van der Waals surface area contributed by atoms with E-state index in [4.69, 9.17) is 5.73 Å². The molecule has 1 aromatic heterocycles. The maximum Gasteiger partial charge on any atom is 0.104 e. The van der Waals surface area contributed by atoms with Gasteiger partial charge in [0.1, 0.15) is 5.82 Å². The van der Waals surface area contributed by atoms with E-state index in [1.54, 1.807) is 0 Å². The third-order valence-electron chi connectivity index (χ3n) is 4.20. The Morgan fingerprint density at radius 1 is 1.19 bits per heavy atom. The zero-order chi connectivity index (χ0) is 14.4. The SMILES string of the molecule is Cc1nc2ccc(NC3CC(N)c4ccccc43)cc2[nH]1. The van der Waals surface area contributed by atoms with Gasteiger partial charge < -0.3 is 16.0 Å². The van der Waals surface area contributed by atoms with E-state index < -0.39 is 0 Å². The fourth-order valence-electron chi connectivity index (χ4n) is 3.24. The monoisotopic (exact) mass is 278 g/mol. The highest BCUT2D eigenvalue weighted by Crippen LogP contribution is 2.39. The van der Waals surface area contributed by atoms with Crippen LogP contribution in [0.4, 0.5) is 5.69 Å². The second kappa shape index (κ2) is 4.60. The first-order chi connectivity index (χ1) is 10.2. The number of hydrogen-bond acceptors (Lipinski definition) is 3.